The molecule has 3 aromatic rings. The normalized spacial score (nSPS) is 14.6. The Morgan fingerprint density at radius 1 is 0.826 bits per heavy atom. The van der Waals surface area contributed by atoms with Crippen LogP contribution in [0.15, 0.2) is 78.9 Å². The maximum atomic E-state index is 6.02. The molecule has 1 aliphatic heterocycles. The zero-order chi connectivity index (χ0) is 15.6. The average molecular weight is 300 g/mol. The Morgan fingerprint density at radius 3 is 2.39 bits per heavy atom. The highest BCUT2D eigenvalue weighted by Crippen LogP contribution is 2.28. The smallest absolute Gasteiger partial charge is 0.292 e. The van der Waals surface area contributed by atoms with E-state index in [1.54, 1.807) is 0 Å². The van der Waals surface area contributed by atoms with Crippen LogP contribution in [-0.2, 0) is 4.74 Å². The summed E-state index contributed by atoms with van der Waals surface area (Å²) in [6.45, 7) is 2.66. The van der Waals surface area contributed by atoms with E-state index in [0.717, 1.165) is 11.3 Å². The van der Waals surface area contributed by atoms with Crippen LogP contribution in [0, 0.1) is 0 Å². The summed E-state index contributed by atoms with van der Waals surface area (Å²) in [7, 11) is 0. The fourth-order valence-corrected chi connectivity index (χ4v) is 3.02. The Morgan fingerprint density at radius 2 is 1.57 bits per heavy atom. The minimum atomic E-state index is 0.528. The van der Waals surface area contributed by atoms with Crippen molar-refractivity contribution in [2.75, 3.05) is 6.73 Å². The highest BCUT2D eigenvalue weighted by atomic mass is 16.5. The van der Waals surface area contributed by atoms with Crippen LogP contribution in [-0.4, -0.2) is 17.0 Å². The Bertz CT molecular complexity index is 917. The summed E-state index contributed by atoms with van der Waals surface area (Å²) < 4.78 is 8.23. The van der Waals surface area contributed by atoms with Gasteiger partial charge in [0.05, 0.1) is 5.39 Å². The van der Waals surface area contributed by atoms with Crippen LogP contribution in [0.25, 0.3) is 16.5 Å². The predicted octanol–water partition coefficient (Wildman–Crippen LogP) is 4.97. The number of hydrogen-bond acceptors (Lipinski definition) is 1. The molecule has 0 N–H and O–H groups in total. The second-order valence-electron chi connectivity index (χ2n) is 5.72. The number of allylic oxidation sites excluding steroid dienone is 1. The molecule has 1 heterocycles. The van der Waals surface area contributed by atoms with Gasteiger partial charge >= 0.3 is 0 Å². The van der Waals surface area contributed by atoms with Crippen molar-refractivity contribution in [3.63, 3.8) is 0 Å². The van der Waals surface area contributed by atoms with Gasteiger partial charge in [0.15, 0.2) is 5.71 Å². The molecule has 3 aromatic carbocycles. The molecule has 0 amide bonds. The van der Waals surface area contributed by atoms with E-state index in [4.69, 9.17) is 4.74 Å². The van der Waals surface area contributed by atoms with Crippen molar-refractivity contribution in [1.29, 1.82) is 0 Å². The molecule has 0 aliphatic carbocycles. The molecule has 0 fully saturated rings. The summed E-state index contributed by atoms with van der Waals surface area (Å²) in [6, 6.07) is 25.1. The van der Waals surface area contributed by atoms with Crippen molar-refractivity contribution >= 4 is 27.9 Å². The van der Waals surface area contributed by atoms with Gasteiger partial charge in [-0.05, 0) is 11.5 Å². The van der Waals surface area contributed by atoms with Crippen molar-refractivity contribution < 1.29 is 9.31 Å². The molecule has 0 aromatic heterocycles. The molecule has 1 aliphatic rings. The number of fused-ring (bicyclic) bond motifs is 1. The Labute approximate surface area is 136 Å². The van der Waals surface area contributed by atoms with Crippen molar-refractivity contribution in [2.45, 2.75) is 6.92 Å². The average Bonchev–Trinajstić information content (AvgIpc) is 2.62. The highest BCUT2D eigenvalue weighted by Gasteiger charge is 2.22. The summed E-state index contributed by atoms with van der Waals surface area (Å²) >= 11 is 0. The van der Waals surface area contributed by atoms with Crippen LogP contribution in [0.2, 0.25) is 0 Å². The van der Waals surface area contributed by atoms with Gasteiger partial charge in [-0.25, -0.2) is 0 Å². The fraction of sp³-hybridized carbons (Fsp3) is 0.0952. The van der Waals surface area contributed by atoms with Crippen LogP contribution >= 0.6 is 0 Å². The van der Waals surface area contributed by atoms with Crippen LogP contribution in [0.4, 0.5) is 5.69 Å². The van der Waals surface area contributed by atoms with Crippen LogP contribution in [0.3, 0.4) is 0 Å². The Balaban J connectivity index is 1.82. The molecule has 0 unspecified atom stereocenters. The Kier molecular flexibility index (Phi) is 3.43. The molecule has 0 saturated carbocycles. The first kappa shape index (κ1) is 13.8. The molecular formula is C21H18NO+. The molecule has 0 radical (unpaired) electrons. The largest absolute Gasteiger partial charge is 0.435 e. The van der Waals surface area contributed by atoms with Gasteiger partial charge in [0.25, 0.3) is 6.73 Å². The van der Waals surface area contributed by atoms with Crippen LogP contribution < -0.4 is 0 Å². The molecular weight excluding hydrogens is 282 g/mol. The molecule has 0 atom stereocenters. The molecule has 2 nitrogen and oxygen atoms in total. The van der Waals surface area contributed by atoms with E-state index in [1.807, 2.05) is 18.2 Å². The topological polar surface area (TPSA) is 12.2 Å². The van der Waals surface area contributed by atoms with Gasteiger partial charge in [-0.3, -0.25) is 0 Å². The number of hydrogen-bond donors (Lipinski definition) is 0. The summed E-state index contributed by atoms with van der Waals surface area (Å²) in [5.41, 5.74) is 3.49. The van der Waals surface area contributed by atoms with E-state index in [1.165, 1.54) is 22.2 Å². The maximum Gasteiger partial charge on any atom is 0.292 e. The number of rotatable bonds is 2. The van der Waals surface area contributed by atoms with E-state index in [2.05, 4.69) is 72.2 Å². The van der Waals surface area contributed by atoms with Gasteiger partial charge in [-0.1, -0.05) is 60.7 Å². The quantitative estimate of drug-likeness (QED) is 0.608. The lowest BCUT2D eigenvalue weighted by Crippen LogP contribution is -2.21. The molecule has 4 rings (SSSR count). The lowest BCUT2D eigenvalue weighted by molar-refractivity contribution is -0.483. The second-order valence-corrected chi connectivity index (χ2v) is 5.72. The van der Waals surface area contributed by atoms with Crippen molar-refractivity contribution in [3.05, 3.63) is 84.4 Å². The maximum absolute atomic E-state index is 6.02. The summed E-state index contributed by atoms with van der Waals surface area (Å²) in [6.07, 6.45) is 2.11. The lowest BCUT2D eigenvalue weighted by atomic mass is 10.1. The van der Waals surface area contributed by atoms with Gasteiger partial charge in [-0.2, -0.15) is 4.58 Å². The van der Waals surface area contributed by atoms with Crippen LogP contribution in [0.1, 0.15) is 12.5 Å². The van der Waals surface area contributed by atoms with E-state index < -0.39 is 0 Å². The molecule has 23 heavy (non-hydrogen) atoms. The monoisotopic (exact) mass is 300 g/mol. The van der Waals surface area contributed by atoms with Gasteiger partial charge in [0, 0.05) is 24.6 Å². The number of nitrogens with zero attached hydrogens (tertiary/aromatic N) is 1. The standard InChI is InChI=1S/C21H18NO/c1-16-14-21(18-9-3-2-4-10-18)23-15-22(16)20-13-7-11-17-8-5-6-12-19(17)20/h2-14H,15H2,1H3/q+1. The van der Waals surface area contributed by atoms with E-state index >= 15 is 0 Å². The third kappa shape index (κ3) is 2.53. The minimum Gasteiger partial charge on any atom is -0.435 e. The summed E-state index contributed by atoms with van der Waals surface area (Å²) in [5, 5.41) is 2.49. The molecule has 0 saturated heterocycles. The van der Waals surface area contributed by atoms with E-state index in [0.29, 0.717) is 6.73 Å². The fourth-order valence-electron chi connectivity index (χ4n) is 3.02. The van der Waals surface area contributed by atoms with Gasteiger partial charge in [0.2, 0.25) is 5.69 Å². The van der Waals surface area contributed by atoms with Crippen molar-refractivity contribution in [2.24, 2.45) is 0 Å². The van der Waals surface area contributed by atoms with E-state index in [-0.39, 0.29) is 0 Å². The summed E-state index contributed by atoms with van der Waals surface area (Å²) in [5.74, 6) is 0.930. The molecule has 2 heteroatoms. The predicted molar refractivity (Wildman–Crippen MR) is 94.9 cm³/mol. The van der Waals surface area contributed by atoms with Crippen molar-refractivity contribution in [1.82, 2.24) is 0 Å². The second kappa shape index (κ2) is 5.73. The van der Waals surface area contributed by atoms with Crippen LogP contribution in [0.5, 0.6) is 0 Å². The number of ether oxygens (including phenoxy) is 1. The summed E-state index contributed by atoms with van der Waals surface area (Å²) in [4.78, 5) is 0. The third-order valence-corrected chi connectivity index (χ3v) is 4.23. The SMILES string of the molecule is CC1=[N+](c2cccc3ccccc23)COC(c2ccccc2)=C1. The number of benzene rings is 3. The highest BCUT2D eigenvalue weighted by molar-refractivity contribution is 5.98. The zero-order valence-corrected chi connectivity index (χ0v) is 13.1. The Hall–Kier alpha value is -2.87. The third-order valence-electron chi connectivity index (χ3n) is 4.23. The minimum absolute atomic E-state index is 0.528. The first-order chi connectivity index (χ1) is 11.3. The van der Waals surface area contributed by atoms with Gasteiger partial charge in [-0.15, -0.1) is 0 Å². The molecule has 0 spiro atoms. The van der Waals surface area contributed by atoms with Gasteiger partial charge in [0.1, 0.15) is 5.76 Å². The molecule has 112 valence electrons. The lowest BCUT2D eigenvalue weighted by Gasteiger charge is -2.16. The zero-order valence-electron chi connectivity index (χ0n) is 13.1. The first-order valence-corrected chi connectivity index (χ1v) is 7.82. The first-order valence-electron chi connectivity index (χ1n) is 7.82. The van der Waals surface area contributed by atoms with Crippen molar-refractivity contribution in [3.8, 4) is 0 Å². The van der Waals surface area contributed by atoms with Gasteiger partial charge < -0.3 is 4.74 Å². The van der Waals surface area contributed by atoms with E-state index in [9.17, 15) is 0 Å². The molecule has 0 bridgehead atoms.